The first-order chi connectivity index (χ1) is 26.8. The molecule has 2 saturated heterocycles. The summed E-state index contributed by atoms with van der Waals surface area (Å²) in [7, 11) is -4.93. The van der Waals surface area contributed by atoms with Gasteiger partial charge in [-0.3, -0.25) is 9.05 Å². The van der Waals surface area contributed by atoms with Crippen molar-refractivity contribution in [1.82, 2.24) is 5.32 Å². The summed E-state index contributed by atoms with van der Waals surface area (Å²) in [5, 5.41) is 86.6. The van der Waals surface area contributed by atoms with Crippen molar-refractivity contribution in [2.45, 2.75) is 86.7 Å². The number of nitrogens with one attached hydrogen (secondary N) is 1. The van der Waals surface area contributed by atoms with Crippen LogP contribution in [-0.2, 0) is 37.3 Å². The van der Waals surface area contributed by atoms with Gasteiger partial charge < -0.3 is 79.7 Å². The molecule has 0 saturated carbocycles. The molecule has 0 aromatic heterocycles. The monoisotopic (exact) mass is 838 g/mol. The zero-order valence-electron chi connectivity index (χ0n) is 31.3. The quantitative estimate of drug-likeness (QED) is 0.0223. The molecule has 0 radical (unpaired) electrons. The minimum atomic E-state index is -4.93. The Kier molecular flexibility index (Phi) is 18.3. The largest absolute Gasteiger partial charge is 1.00 e. The van der Waals surface area contributed by atoms with E-state index in [1.807, 2.05) is 48.5 Å². The van der Waals surface area contributed by atoms with E-state index in [0.29, 0.717) is 6.42 Å². The van der Waals surface area contributed by atoms with Crippen molar-refractivity contribution in [2.75, 3.05) is 46.2 Å². The number of carbonyl (C=O) groups excluding carboxylic acids is 1. The van der Waals surface area contributed by atoms with Gasteiger partial charge in [-0.1, -0.05) is 55.5 Å². The molecule has 1 aliphatic carbocycles. The van der Waals surface area contributed by atoms with Crippen LogP contribution < -0.4 is 40.0 Å². The van der Waals surface area contributed by atoms with Crippen molar-refractivity contribution in [3.8, 4) is 11.1 Å². The molecule has 2 aromatic carbocycles. The van der Waals surface area contributed by atoms with E-state index in [1.54, 1.807) is 6.92 Å². The third-order valence-corrected chi connectivity index (χ3v) is 10.4. The first-order valence-corrected chi connectivity index (χ1v) is 19.4. The van der Waals surface area contributed by atoms with Gasteiger partial charge in [-0.15, -0.1) is 0 Å². The zero-order chi connectivity index (χ0) is 40.6. The number of aliphatic hydroxyl groups excluding tert-OH is 7. The van der Waals surface area contributed by atoms with Crippen LogP contribution in [0.15, 0.2) is 53.5 Å². The van der Waals surface area contributed by atoms with Crippen LogP contribution in [0.5, 0.6) is 0 Å². The molecule has 0 spiro atoms. The maximum Gasteiger partial charge on any atom is 1.00 e. The van der Waals surface area contributed by atoms with E-state index in [2.05, 4.69) is 10.3 Å². The summed E-state index contributed by atoms with van der Waals surface area (Å²) in [5.41, 5.74) is 4.00. The van der Waals surface area contributed by atoms with E-state index in [9.17, 15) is 55.1 Å². The van der Waals surface area contributed by atoms with Gasteiger partial charge in [0.25, 0.3) is 0 Å². The number of fused-ring (bicyclic) bond motifs is 3. The Morgan fingerprint density at radius 2 is 1.47 bits per heavy atom. The van der Waals surface area contributed by atoms with Gasteiger partial charge in [0.05, 0.1) is 39.0 Å². The summed E-state index contributed by atoms with van der Waals surface area (Å²) in [5.74, 6) is -1.22. The number of aliphatic hydroxyl groups is 7. The van der Waals surface area contributed by atoms with Crippen LogP contribution in [0.2, 0.25) is 0 Å². The van der Waals surface area contributed by atoms with Crippen LogP contribution in [0.1, 0.15) is 30.4 Å². The van der Waals surface area contributed by atoms with Gasteiger partial charge in [0, 0.05) is 12.5 Å². The number of hydrogen-bond donors (Lipinski definition) is 9. The fourth-order valence-corrected chi connectivity index (χ4v) is 7.21. The van der Waals surface area contributed by atoms with Gasteiger partial charge in [0.1, 0.15) is 55.4 Å². The number of aliphatic imine (C=N–C) groups is 1. The minimum absolute atomic E-state index is 0. The Morgan fingerprint density at radius 3 is 2.09 bits per heavy atom. The molecule has 1 unspecified atom stereocenters. The maximum absolute atomic E-state index is 12.6. The number of ether oxygens (including phenoxy) is 5. The van der Waals surface area contributed by atoms with Gasteiger partial charge in [0.2, 0.25) is 0 Å². The Balaban J connectivity index is 0.00000720. The number of phosphoric acid groups is 1. The average molecular weight is 839 g/mol. The van der Waals surface area contributed by atoms with Crippen molar-refractivity contribution in [2.24, 2.45) is 4.99 Å². The molecular formula is C35H48N2NaO18P. The second-order valence-corrected chi connectivity index (χ2v) is 14.7. The summed E-state index contributed by atoms with van der Waals surface area (Å²) in [4.78, 5) is 26.4. The van der Waals surface area contributed by atoms with E-state index in [1.165, 1.54) is 0 Å². The first kappa shape index (κ1) is 47.5. The van der Waals surface area contributed by atoms with Crippen molar-refractivity contribution < 1.29 is 117 Å². The molecular weight excluding hydrogens is 790 g/mol. The standard InChI is InChI=1S/C35H49N2O18P.Na/c1-2-12-49-34-31(29(43)26(40)24(15-39)53-34)55-33-30(44)28(42)27(41)25(54-33)17-52-56(47,48)51-13-11-36-32(45)23(14-38)37-35(46)50-16-22-20-9-5-3-7-18(20)19-8-4-6-10-21(19)22;/h3-10,22-31,33-34,38-44H,2,11-17H2,1H3,(H,36,45)(H,37,46)(H,47,48);/q;+1/p-1/t23-,24+,25+,26+,27+,28-,29-,30-,31-,33+,34-;/m0./s1. The van der Waals surface area contributed by atoms with E-state index >= 15 is 0 Å². The Hall–Kier alpha value is -2.15. The van der Waals surface area contributed by atoms with Crippen LogP contribution in [0.25, 0.3) is 11.1 Å². The molecule has 2 heterocycles. The Labute approximate surface area is 349 Å². The Bertz CT molecular complexity index is 1630. The van der Waals surface area contributed by atoms with Crippen molar-refractivity contribution in [1.29, 1.82) is 0 Å². The molecule has 2 aromatic rings. The number of rotatable bonds is 18. The van der Waals surface area contributed by atoms with Crippen molar-refractivity contribution in [3.63, 3.8) is 0 Å². The summed E-state index contributed by atoms with van der Waals surface area (Å²) in [6.07, 6.45) is -17.1. The zero-order valence-corrected chi connectivity index (χ0v) is 34.2. The molecule has 3 aliphatic rings. The van der Waals surface area contributed by atoms with E-state index in [-0.39, 0.29) is 48.7 Å². The molecule has 2 aliphatic heterocycles. The molecule has 0 bridgehead atoms. The first-order valence-electron chi connectivity index (χ1n) is 17.9. The van der Waals surface area contributed by atoms with Gasteiger partial charge in [-0.2, -0.15) is 0 Å². The van der Waals surface area contributed by atoms with Crippen molar-refractivity contribution >= 4 is 19.8 Å². The third-order valence-electron chi connectivity index (χ3n) is 9.40. The number of alkyl carbamates (subject to hydrolysis) is 1. The smallest absolute Gasteiger partial charge is 0.861 e. The fourth-order valence-electron chi connectivity index (χ4n) is 6.49. The maximum atomic E-state index is 12.6. The molecule has 20 nitrogen and oxygen atoms in total. The third kappa shape index (κ3) is 11.8. The van der Waals surface area contributed by atoms with E-state index in [0.717, 1.165) is 22.3 Å². The van der Waals surface area contributed by atoms with Crippen LogP contribution in [-0.4, -0.2) is 166 Å². The molecule has 12 atom stereocenters. The Morgan fingerprint density at radius 1 is 0.860 bits per heavy atom. The number of carbonyl (C=O) groups is 1. The summed E-state index contributed by atoms with van der Waals surface area (Å²) in [6, 6.07) is 13.9. The molecule has 5 rings (SSSR count). The van der Waals surface area contributed by atoms with Gasteiger partial charge in [0.15, 0.2) is 12.6 Å². The average Bonchev–Trinajstić information content (AvgIpc) is 3.52. The molecule has 57 heavy (non-hydrogen) atoms. The second-order valence-electron chi connectivity index (χ2n) is 13.2. The summed E-state index contributed by atoms with van der Waals surface area (Å²) < 4.78 is 49.8. The molecule has 9 N–H and O–H groups in total. The number of phosphoric ester groups is 1. The van der Waals surface area contributed by atoms with E-state index < -0.39 is 120 Å². The predicted molar refractivity (Wildman–Crippen MR) is 189 cm³/mol. The fraction of sp³-hybridized carbons (Fsp3) is 0.600. The van der Waals surface area contributed by atoms with Crippen LogP contribution in [0, 0.1) is 0 Å². The predicted octanol–water partition coefficient (Wildman–Crippen LogP) is -5.16. The number of hydrogen-bond acceptors (Lipinski definition) is 18. The van der Waals surface area contributed by atoms with Gasteiger partial charge in [-0.05, 0) is 34.6 Å². The van der Waals surface area contributed by atoms with E-state index in [4.69, 9.17) is 32.7 Å². The summed E-state index contributed by atoms with van der Waals surface area (Å²) >= 11 is 0. The van der Waals surface area contributed by atoms with Crippen LogP contribution in [0.3, 0.4) is 0 Å². The minimum Gasteiger partial charge on any atom is -0.861 e. The van der Waals surface area contributed by atoms with Gasteiger partial charge in [-0.25, -0.2) is 9.36 Å². The van der Waals surface area contributed by atoms with Gasteiger partial charge >= 0.3 is 43.5 Å². The van der Waals surface area contributed by atoms with Crippen molar-refractivity contribution in [3.05, 3.63) is 59.7 Å². The normalized spacial score (nSPS) is 30.4. The number of nitrogens with zero attached hydrogens (tertiary/aromatic N) is 1. The summed E-state index contributed by atoms with van der Waals surface area (Å²) in [6.45, 7) is -1.69. The van der Waals surface area contributed by atoms with Crippen LogP contribution >= 0.6 is 7.82 Å². The number of benzene rings is 2. The molecule has 2 fully saturated rings. The SMILES string of the molecule is CCCO[C@H]1O[C@H](CO)[C@@H](O)[C@H](O)[C@@H]1O[C@H]1O[C@H](COP(=O)(O)OCCN=C([O-])[C@H](CO)NC(=O)OCC2c3ccccc3-c3ccccc32)[C@@H](O)[C@H](O)[C@@H]1O.[Na+]. The topological polar surface area (TPSA) is 308 Å². The molecule has 22 heteroatoms. The molecule has 312 valence electrons. The molecule has 1 amide bonds. The second kappa shape index (κ2) is 21.9. The van der Waals surface area contributed by atoms with Crippen LogP contribution in [0.4, 0.5) is 4.79 Å². The number of amides is 1.